The van der Waals surface area contributed by atoms with Crippen LogP contribution in [0.25, 0.3) is 0 Å². The number of piperidine rings is 2. The summed E-state index contributed by atoms with van der Waals surface area (Å²) < 4.78 is 11.6. The lowest BCUT2D eigenvalue weighted by atomic mass is 9.89. The van der Waals surface area contributed by atoms with Gasteiger partial charge in [0.2, 0.25) is 5.91 Å². The van der Waals surface area contributed by atoms with Crippen LogP contribution in [0.4, 0.5) is 0 Å². The number of benzene rings is 1. The minimum absolute atomic E-state index is 0.0957. The number of hydrogen-bond donors (Lipinski definition) is 2. The molecule has 3 heterocycles. The molecule has 1 spiro atoms. The van der Waals surface area contributed by atoms with Crippen LogP contribution >= 0.6 is 0 Å². The van der Waals surface area contributed by atoms with Crippen LogP contribution in [0.15, 0.2) is 18.2 Å². The Balaban J connectivity index is 1.55. The Morgan fingerprint density at radius 1 is 1.33 bits per heavy atom. The lowest BCUT2D eigenvalue weighted by Gasteiger charge is -2.43. The number of carbonyl (C=O) groups excluding carboxylic acids is 2. The highest BCUT2D eigenvalue weighted by atomic mass is 16.5. The maximum absolute atomic E-state index is 13.0. The summed E-state index contributed by atoms with van der Waals surface area (Å²) in [6, 6.07) is 5.28. The molecule has 27 heavy (non-hydrogen) atoms. The van der Waals surface area contributed by atoms with Crippen molar-refractivity contribution in [2.45, 2.75) is 31.3 Å². The Labute approximate surface area is 159 Å². The van der Waals surface area contributed by atoms with Crippen LogP contribution in [0.1, 0.15) is 36.0 Å². The molecule has 0 radical (unpaired) electrons. The number of ether oxygens (including phenoxy) is 2. The summed E-state index contributed by atoms with van der Waals surface area (Å²) in [7, 11) is 1.57. The van der Waals surface area contributed by atoms with Gasteiger partial charge in [0.1, 0.15) is 17.1 Å². The van der Waals surface area contributed by atoms with E-state index in [2.05, 4.69) is 10.6 Å². The van der Waals surface area contributed by atoms with Gasteiger partial charge in [0.25, 0.3) is 5.91 Å². The van der Waals surface area contributed by atoms with E-state index in [-0.39, 0.29) is 17.7 Å². The molecule has 0 aliphatic carbocycles. The van der Waals surface area contributed by atoms with Gasteiger partial charge in [0, 0.05) is 12.5 Å². The summed E-state index contributed by atoms with van der Waals surface area (Å²) in [5.41, 5.74) is -0.0934. The van der Waals surface area contributed by atoms with E-state index < -0.39 is 5.60 Å². The van der Waals surface area contributed by atoms with Crippen molar-refractivity contribution in [3.8, 4) is 11.5 Å². The van der Waals surface area contributed by atoms with Gasteiger partial charge in [0.15, 0.2) is 0 Å². The molecule has 0 saturated carbocycles. The van der Waals surface area contributed by atoms with E-state index in [9.17, 15) is 9.59 Å². The van der Waals surface area contributed by atoms with Gasteiger partial charge >= 0.3 is 0 Å². The SMILES string of the molecule is COc1ccc2c(c1)C(=O)NC[C@]1(CCCN(C(=O)C3CCNCC3)C1)O2. The van der Waals surface area contributed by atoms with E-state index in [1.807, 2.05) is 4.90 Å². The molecule has 0 aromatic heterocycles. The highest BCUT2D eigenvalue weighted by Gasteiger charge is 2.43. The highest BCUT2D eigenvalue weighted by molar-refractivity contribution is 5.97. The average molecular weight is 373 g/mol. The molecule has 1 atom stereocenters. The second-order valence-electron chi connectivity index (χ2n) is 7.72. The number of fused-ring (bicyclic) bond motifs is 1. The number of carbonyl (C=O) groups is 2. The van der Waals surface area contributed by atoms with E-state index in [0.717, 1.165) is 45.3 Å². The molecule has 4 rings (SSSR count). The Morgan fingerprint density at radius 2 is 2.15 bits per heavy atom. The fraction of sp³-hybridized carbons (Fsp3) is 0.600. The topological polar surface area (TPSA) is 79.9 Å². The third kappa shape index (κ3) is 3.60. The van der Waals surface area contributed by atoms with Gasteiger partial charge in [-0.25, -0.2) is 0 Å². The molecule has 7 nitrogen and oxygen atoms in total. The molecular weight excluding hydrogens is 346 g/mol. The van der Waals surface area contributed by atoms with E-state index in [1.54, 1.807) is 25.3 Å². The zero-order chi connectivity index (χ0) is 18.9. The highest BCUT2D eigenvalue weighted by Crippen LogP contribution is 2.34. The first-order chi connectivity index (χ1) is 13.1. The fourth-order valence-electron chi connectivity index (χ4n) is 4.35. The van der Waals surface area contributed by atoms with Crippen LogP contribution in [0.5, 0.6) is 11.5 Å². The minimum atomic E-state index is -0.573. The van der Waals surface area contributed by atoms with Gasteiger partial charge in [-0.2, -0.15) is 0 Å². The normalized spacial score (nSPS) is 26.0. The summed E-state index contributed by atoms with van der Waals surface area (Å²) in [6.45, 7) is 3.48. The van der Waals surface area contributed by atoms with Crippen molar-refractivity contribution in [2.24, 2.45) is 5.92 Å². The maximum atomic E-state index is 13.0. The van der Waals surface area contributed by atoms with Crippen LogP contribution in [0.2, 0.25) is 0 Å². The number of nitrogens with zero attached hydrogens (tertiary/aromatic N) is 1. The van der Waals surface area contributed by atoms with Crippen molar-refractivity contribution in [1.29, 1.82) is 0 Å². The molecule has 2 saturated heterocycles. The second kappa shape index (κ2) is 7.38. The summed E-state index contributed by atoms with van der Waals surface area (Å²) >= 11 is 0. The monoisotopic (exact) mass is 373 g/mol. The molecule has 0 bridgehead atoms. The lowest BCUT2D eigenvalue weighted by Crippen LogP contribution is -2.59. The Kier molecular flexibility index (Phi) is 4.95. The summed E-state index contributed by atoms with van der Waals surface area (Å²) in [5.74, 6) is 1.34. The predicted octanol–water partition coefficient (Wildman–Crippen LogP) is 1.18. The van der Waals surface area contributed by atoms with Gasteiger partial charge in [-0.15, -0.1) is 0 Å². The van der Waals surface area contributed by atoms with Crippen LogP contribution in [0.3, 0.4) is 0 Å². The fourth-order valence-corrected chi connectivity index (χ4v) is 4.35. The molecule has 3 aliphatic rings. The van der Waals surface area contributed by atoms with E-state index >= 15 is 0 Å². The molecule has 2 amide bonds. The Hall–Kier alpha value is -2.28. The van der Waals surface area contributed by atoms with Crippen LogP contribution < -0.4 is 20.1 Å². The van der Waals surface area contributed by atoms with Gasteiger partial charge in [-0.05, 0) is 57.0 Å². The Bertz CT molecular complexity index is 732. The van der Waals surface area contributed by atoms with E-state index in [0.29, 0.717) is 30.2 Å². The summed E-state index contributed by atoms with van der Waals surface area (Å²) in [6.07, 6.45) is 3.47. The first kappa shape index (κ1) is 18.1. The quantitative estimate of drug-likeness (QED) is 0.814. The molecule has 2 N–H and O–H groups in total. The maximum Gasteiger partial charge on any atom is 0.255 e. The van der Waals surface area contributed by atoms with Crippen LogP contribution in [0, 0.1) is 5.92 Å². The first-order valence-electron chi connectivity index (χ1n) is 9.75. The smallest absolute Gasteiger partial charge is 0.255 e. The zero-order valence-electron chi connectivity index (χ0n) is 15.8. The van der Waals surface area contributed by atoms with Crippen molar-refractivity contribution in [1.82, 2.24) is 15.5 Å². The number of nitrogens with one attached hydrogen (secondary N) is 2. The number of amides is 2. The summed E-state index contributed by atoms with van der Waals surface area (Å²) in [4.78, 5) is 27.5. The number of rotatable bonds is 2. The molecule has 1 aromatic carbocycles. The van der Waals surface area contributed by atoms with Crippen molar-refractivity contribution in [3.63, 3.8) is 0 Å². The minimum Gasteiger partial charge on any atom is -0.497 e. The lowest BCUT2D eigenvalue weighted by molar-refractivity contribution is -0.142. The molecule has 0 unspecified atom stereocenters. The van der Waals surface area contributed by atoms with Crippen LogP contribution in [-0.2, 0) is 4.79 Å². The van der Waals surface area contributed by atoms with Gasteiger partial charge < -0.3 is 25.0 Å². The van der Waals surface area contributed by atoms with Gasteiger partial charge in [0.05, 0.1) is 25.8 Å². The number of likely N-dealkylation sites (tertiary alicyclic amines) is 1. The molecule has 146 valence electrons. The molecule has 7 heteroatoms. The van der Waals surface area contributed by atoms with Crippen molar-refractivity contribution in [3.05, 3.63) is 23.8 Å². The third-order valence-electron chi connectivity index (χ3n) is 5.87. The largest absolute Gasteiger partial charge is 0.497 e. The third-order valence-corrected chi connectivity index (χ3v) is 5.87. The molecule has 3 aliphatic heterocycles. The number of hydrogen-bond acceptors (Lipinski definition) is 5. The van der Waals surface area contributed by atoms with E-state index in [1.165, 1.54) is 0 Å². The predicted molar refractivity (Wildman–Crippen MR) is 100 cm³/mol. The summed E-state index contributed by atoms with van der Waals surface area (Å²) in [5, 5.41) is 6.29. The molecular formula is C20H27N3O4. The standard InChI is InChI=1S/C20H27N3O4/c1-26-15-3-4-17-16(11-15)18(24)22-12-20(27-17)7-2-10-23(13-20)19(25)14-5-8-21-9-6-14/h3-4,11,14,21H,2,5-10,12-13H2,1H3,(H,22,24)/t20-/m0/s1. The van der Waals surface area contributed by atoms with Crippen molar-refractivity contribution in [2.75, 3.05) is 39.8 Å². The van der Waals surface area contributed by atoms with Gasteiger partial charge in [-0.3, -0.25) is 9.59 Å². The molecule has 1 aromatic rings. The van der Waals surface area contributed by atoms with E-state index in [4.69, 9.17) is 9.47 Å². The zero-order valence-corrected chi connectivity index (χ0v) is 15.8. The average Bonchev–Trinajstić information content (AvgIpc) is 2.84. The first-order valence-corrected chi connectivity index (χ1v) is 9.75. The number of methoxy groups -OCH3 is 1. The Morgan fingerprint density at radius 3 is 2.93 bits per heavy atom. The molecule has 2 fully saturated rings. The second-order valence-corrected chi connectivity index (χ2v) is 7.72. The van der Waals surface area contributed by atoms with Crippen molar-refractivity contribution < 1.29 is 19.1 Å². The van der Waals surface area contributed by atoms with Crippen molar-refractivity contribution >= 4 is 11.8 Å². The van der Waals surface area contributed by atoms with Gasteiger partial charge in [-0.1, -0.05) is 0 Å². The van der Waals surface area contributed by atoms with Crippen LogP contribution in [-0.4, -0.2) is 62.1 Å².